The summed E-state index contributed by atoms with van der Waals surface area (Å²) in [6.45, 7) is 2.86. The van der Waals surface area contributed by atoms with Gasteiger partial charge in [0.1, 0.15) is 5.82 Å². The van der Waals surface area contributed by atoms with Gasteiger partial charge in [0.15, 0.2) is 0 Å². The fraction of sp³-hybridized carbons (Fsp3) is 0.222. The molecule has 0 spiro atoms. The fourth-order valence-corrected chi connectivity index (χ4v) is 3.94. The van der Waals surface area contributed by atoms with Gasteiger partial charge in [0.05, 0.1) is 16.3 Å². The van der Waals surface area contributed by atoms with Gasteiger partial charge in [-0.2, -0.15) is 0 Å². The zero-order valence-electron chi connectivity index (χ0n) is 14.4. The van der Waals surface area contributed by atoms with E-state index in [1.54, 1.807) is 16.4 Å². The van der Waals surface area contributed by atoms with Crippen LogP contribution in [0.2, 0.25) is 5.02 Å². The van der Waals surface area contributed by atoms with Gasteiger partial charge in [0.2, 0.25) is 5.16 Å². The number of halogens is 1. The third-order valence-corrected chi connectivity index (χ3v) is 5.51. The molecule has 0 bridgehead atoms. The van der Waals surface area contributed by atoms with Gasteiger partial charge >= 0.3 is 0 Å². The van der Waals surface area contributed by atoms with E-state index in [0.29, 0.717) is 5.02 Å². The second-order valence-corrected chi connectivity index (χ2v) is 7.76. The topological polar surface area (TPSA) is 61.4 Å². The van der Waals surface area contributed by atoms with Crippen molar-refractivity contribution in [3.05, 3.63) is 64.9 Å². The number of tetrazole rings is 1. The Balaban J connectivity index is 1.77. The first-order valence-corrected chi connectivity index (χ1v) is 9.46. The van der Waals surface area contributed by atoms with E-state index in [0.717, 1.165) is 28.6 Å². The normalized spacial score (nSPS) is 12.6. The highest BCUT2D eigenvalue weighted by Crippen LogP contribution is 2.35. The highest BCUT2D eigenvalue weighted by molar-refractivity contribution is 7.99. The van der Waals surface area contributed by atoms with Crippen molar-refractivity contribution in [3.8, 4) is 0 Å². The minimum absolute atomic E-state index is 0.0783. The number of hydrogen-bond donors (Lipinski definition) is 0. The third kappa shape index (κ3) is 3.32. The molecule has 0 aliphatic rings. The Bertz CT molecular complexity index is 1040. The Morgan fingerprint density at radius 3 is 2.69 bits per heavy atom. The standard InChI is InChI=1S/C18H17ClN6S/c1-12(26-18-21-22-23-24(18)2)17-20-15-10-14(19)8-9-16(15)25(17)11-13-6-4-3-5-7-13/h3-10,12H,11H2,1-2H3. The Morgan fingerprint density at radius 2 is 1.96 bits per heavy atom. The summed E-state index contributed by atoms with van der Waals surface area (Å²) in [5, 5.41) is 13.2. The van der Waals surface area contributed by atoms with Crippen LogP contribution in [0, 0.1) is 0 Å². The van der Waals surface area contributed by atoms with Gasteiger partial charge in [-0.15, -0.1) is 5.10 Å². The van der Waals surface area contributed by atoms with Crippen molar-refractivity contribution in [2.24, 2.45) is 7.05 Å². The van der Waals surface area contributed by atoms with E-state index in [9.17, 15) is 0 Å². The van der Waals surface area contributed by atoms with Crippen LogP contribution >= 0.6 is 23.4 Å². The van der Waals surface area contributed by atoms with Crippen molar-refractivity contribution in [3.63, 3.8) is 0 Å². The molecule has 132 valence electrons. The number of benzene rings is 2. The molecule has 0 aliphatic heterocycles. The first-order chi connectivity index (χ1) is 12.6. The highest BCUT2D eigenvalue weighted by atomic mass is 35.5. The van der Waals surface area contributed by atoms with Crippen LogP contribution in [-0.4, -0.2) is 29.8 Å². The van der Waals surface area contributed by atoms with E-state index in [1.165, 1.54) is 5.56 Å². The molecule has 0 saturated carbocycles. The molecule has 0 fully saturated rings. The molecular weight excluding hydrogens is 368 g/mol. The molecule has 4 rings (SSSR count). The van der Waals surface area contributed by atoms with E-state index >= 15 is 0 Å². The third-order valence-electron chi connectivity index (χ3n) is 4.15. The smallest absolute Gasteiger partial charge is 0.209 e. The number of nitrogens with zero attached hydrogens (tertiary/aromatic N) is 6. The zero-order chi connectivity index (χ0) is 18.1. The predicted molar refractivity (Wildman–Crippen MR) is 103 cm³/mol. The lowest BCUT2D eigenvalue weighted by molar-refractivity contribution is 0.662. The van der Waals surface area contributed by atoms with E-state index < -0.39 is 0 Å². The maximum Gasteiger partial charge on any atom is 0.209 e. The SMILES string of the molecule is CC(Sc1nnnn1C)c1nc2cc(Cl)ccc2n1Cc1ccccc1. The van der Waals surface area contributed by atoms with Crippen LogP contribution in [0.25, 0.3) is 11.0 Å². The van der Waals surface area contributed by atoms with Crippen molar-refractivity contribution in [2.45, 2.75) is 23.9 Å². The van der Waals surface area contributed by atoms with Crippen molar-refractivity contribution >= 4 is 34.4 Å². The second kappa shape index (κ2) is 7.09. The van der Waals surface area contributed by atoms with E-state index in [-0.39, 0.29) is 5.25 Å². The molecule has 26 heavy (non-hydrogen) atoms. The van der Waals surface area contributed by atoms with Crippen LogP contribution in [-0.2, 0) is 13.6 Å². The van der Waals surface area contributed by atoms with Gasteiger partial charge in [-0.25, -0.2) is 9.67 Å². The average molecular weight is 385 g/mol. The molecule has 1 atom stereocenters. The number of rotatable bonds is 5. The minimum atomic E-state index is 0.0783. The zero-order valence-corrected chi connectivity index (χ0v) is 15.9. The molecule has 4 aromatic rings. The Kier molecular flexibility index (Phi) is 4.65. The summed E-state index contributed by atoms with van der Waals surface area (Å²) in [5.74, 6) is 0.971. The Labute approximate surface area is 160 Å². The van der Waals surface area contributed by atoms with Crippen LogP contribution in [0.15, 0.2) is 53.7 Å². The summed E-state index contributed by atoms with van der Waals surface area (Å²) in [5.41, 5.74) is 3.18. The number of aromatic nitrogens is 6. The maximum atomic E-state index is 6.17. The van der Waals surface area contributed by atoms with E-state index in [2.05, 4.69) is 51.3 Å². The molecular formula is C18H17ClN6S. The fourth-order valence-electron chi connectivity index (χ4n) is 2.90. The molecule has 2 heterocycles. The number of hydrogen-bond acceptors (Lipinski definition) is 5. The second-order valence-electron chi connectivity index (χ2n) is 6.02. The van der Waals surface area contributed by atoms with Gasteiger partial charge in [-0.1, -0.05) is 53.7 Å². The van der Waals surface area contributed by atoms with Crippen LogP contribution in [0.1, 0.15) is 23.6 Å². The van der Waals surface area contributed by atoms with Gasteiger partial charge in [-0.3, -0.25) is 0 Å². The first-order valence-electron chi connectivity index (χ1n) is 8.20. The predicted octanol–water partition coefficient (Wildman–Crippen LogP) is 4.11. The summed E-state index contributed by atoms with van der Waals surface area (Å²) < 4.78 is 3.91. The summed E-state index contributed by atoms with van der Waals surface area (Å²) in [7, 11) is 1.84. The van der Waals surface area contributed by atoms with Gasteiger partial charge < -0.3 is 4.57 Å². The molecule has 2 aromatic heterocycles. The van der Waals surface area contributed by atoms with Crippen molar-refractivity contribution in [1.29, 1.82) is 0 Å². The van der Waals surface area contributed by atoms with Gasteiger partial charge in [0, 0.05) is 18.6 Å². The first kappa shape index (κ1) is 17.1. The quantitative estimate of drug-likeness (QED) is 0.484. The summed E-state index contributed by atoms with van der Waals surface area (Å²) >= 11 is 7.76. The van der Waals surface area contributed by atoms with Crippen LogP contribution in [0.4, 0.5) is 0 Å². The van der Waals surface area contributed by atoms with Gasteiger partial charge in [-0.05, 0) is 41.1 Å². The maximum absolute atomic E-state index is 6.17. The van der Waals surface area contributed by atoms with Crippen LogP contribution in [0.5, 0.6) is 0 Å². The van der Waals surface area contributed by atoms with Crippen molar-refractivity contribution < 1.29 is 0 Å². The number of imidazole rings is 1. The van der Waals surface area contributed by atoms with Gasteiger partial charge in [0.25, 0.3) is 0 Å². The molecule has 0 aliphatic carbocycles. The monoisotopic (exact) mass is 384 g/mol. The lowest BCUT2D eigenvalue weighted by Gasteiger charge is -2.14. The molecule has 1 unspecified atom stereocenters. The van der Waals surface area contributed by atoms with Crippen LogP contribution < -0.4 is 0 Å². The largest absolute Gasteiger partial charge is 0.323 e. The lowest BCUT2D eigenvalue weighted by Crippen LogP contribution is -2.07. The summed E-state index contributed by atoms with van der Waals surface area (Å²) in [6, 6.07) is 16.2. The molecule has 8 heteroatoms. The molecule has 0 amide bonds. The lowest BCUT2D eigenvalue weighted by atomic mass is 10.2. The number of aryl methyl sites for hydroxylation is 1. The van der Waals surface area contributed by atoms with Crippen LogP contribution in [0.3, 0.4) is 0 Å². The minimum Gasteiger partial charge on any atom is -0.323 e. The average Bonchev–Trinajstić information content (AvgIpc) is 3.19. The number of fused-ring (bicyclic) bond motifs is 1. The number of thioether (sulfide) groups is 1. The van der Waals surface area contributed by atoms with Crippen molar-refractivity contribution in [2.75, 3.05) is 0 Å². The van der Waals surface area contributed by atoms with E-state index in [1.807, 2.05) is 31.3 Å². The highest BCUT2D eigenvalue weighted by Gasteiger charge is 2.20. The molecule has 0 N–H and O–H groups in total. The van der Waals surface area contributed by atoms with E-state index in [4.69, 9.17) is 16.6 Å². The summed E-state index contributed by atoms with van der Waals surface area (Å²) in [4.78, 5) is 4.86. The Hall–Kier alpha value is -2.38. The molecule has 0 radical (unpaired) electrons. The molecule has 6 nitrogen and oxygen atoms in total. The Morgan fingerprint density at radius 1 is 1.15 bits per heavy atom. The summed E-state index contributed by atoms with van der Waals surface area (Å²) in [6.07, 6.45) is 0. The van der Waals surface area contributed by atoms with Crippen molar-refractivity contribution in [1.82, 2.24) is 29.8 Å². The molecule has 0 saturated heterocycles. The molecule has 2 aromatic carbocycles.